The first-order valence-corrected chi connectivity index (χ1v) is 9.64. The molecule has 3 rings (SSSR count). The van der Waals surface area contributed by atoms with Crippen LogP contribution in [0.5, 0.6) is 5.75 Å². The van der Waals surface area contributed by atoms with Gasteiger partial charge in [0.25, 0.3) is 5.91 Å². The lowest BCUT2D eigenvalue weighted by molar-refractivity contribution is 0.0764. The number of aromatic nitrogens is 2. The number of rotatable bonds is 7. The van der Waals surface area contributed by atoms with Crippen molar-refractivity contribution in [1.29, 1.82) is 0 Å². The van der Waals surface area contributed by atoms with Gasteiger partial charge in [0.1, 0.15) is 12.3 Å². The minimum atomic E-state index is -0.418. The molecule has 27 heavy (non-hydrogen) atoms. The highest BCUT2D eigenvalue weighted by Gasteiger charge is 2.20. The number of ether oxygens (including phenoxy) is 1. The predicted molar refractivity (Wildman–Crippen MR) is 104 cm³/mol. The summed E-state index contributed by atoms with van der Waals surface area (Å²) in [7, 11) is 1.69. The molecule has 140 valence electrons. The quantitative estimate of drug-likeness (QED) is 0.579. The van der Waals surface area contributed by atoms with Crippen molar-refractivity contribution in [2.24, 2.45) is 0 Å². The first-order chi connectivity index (χ1) is 13.1. The topological polar surface area (TPSA) is 47.4 Å². The molecular weight excluding hydrogens is 365 g/mol. The first-order valence-electron chi connectivity index (χ1n) is 8.41. The molecule has 0 fully saturated rings. The number of likely N-dealkylation sites (N-methyl/N-ethyl adjacent to an activating group) is 1. The van der Waals surface area contributed by atoms with Gasteiger partial charge in [0.05, 0.1) is 12.7 Å². The van der Waals surface area contributed by atoms with E-state index in [0.717, 1.165) is 10.8 Å². The van der Waals surface area contributed by atoms with Crippen LogP contribution in [0.4, 0.5) is 4.39 Å². The van der Waals surface area contributed by atoms with Crippen molar-refractivity contribution in [2.75, 3.05) is 26.5 Å². The summed E-state index contributed by atoms with van der Waals surface area (Å²) in [5.74, 6) is -0.417. The van der Waals surface area contributed by atoms with E-state index in [2.05, 4.69) is 4.98 Å². The highest BCUT2D eigenvalue weighted by Crippen LogP contribution is 2.22. The van der Waals surface area contributed by atoms with Crippen molar-refractivity contribution >= 4 is 17.7 Å². The van der Waals surface area contributed by atoms with Gasteiger partial charge in [-0.3, -0.25) is 9.36 Å². The molecule has 0 spiro atoms. The van der Waals surface area contributed by atoms with E-state index < -0.39 is 5.82 Å². The monoisotopic (exact) mass is 385 g/mol. The number of benzene rings is 2. The molecular formula is C20H20FN3O2S. The van der Waals surface area contributed by atoms with E-state index in [0.29, 0.717) is 12.2 Å². The van der Waals surface area contributed by atoms with Crippen molar-refractivity contribution in [1.82, 2.24) is 14.5 Å². The lowest BCUT2D eigenvalue weighted by Crippen LogP contribution is -2.32. The Morgan fingerprint density at radius 3 is 2.59 bits per heavy atom. The number of carbonyl (C=O) groups is 1. The maximum atomic E-state index is 13.6. The van der Waals surface area contributed by atoms with Crippen LogP contribution in [-0.4, -0.2) is 46.8 Å². The zero-order valence-corrected chi connectivity index (χ0v) is 15.9. The molecule has 0 saturated heterocycles. The highest BCUT2D eigenvalue weighted by atomic mass is 32.2. The van der Waals surface area contributed by atoms with E-state index in [1.807, 2.05) is 41.2 Å². The fourth-order valence-corrected chi connectivity index (χ4v) is 3.15. The summed E-state index contributed by atoms with van der Waals surface area (Å²) < 4.78 is 20.9. The Kier molecular flexibility index (Phi) is 6.13. The lowest BCUT2D eigenvalue weighted by Gasteiger charge is -2.19. The van der Waals surface area contributed by atoms with Crippen LogP contribution in [0.25, 0.3) is 5.69 Å². The van der Waals surface area contributed by atoms with Gasteiger partial charge in [-0.05, 0) is 30.5 Å². The third-order valence-electron chi connectivity index (χ3n) is 4.01. The zero-order chi connectivity index (χ0) is 19.2. The smallest absolute Gasteiger partial charge is 0.272 e. The minimum absolute atomic E-state index is 0.177. The van der Waals surface area contributed by atoms with E-state index in [1.165, 1.54) is 17.8 Å². The summed E-state index contributed by atoms with van der Waals surface area (Å²) in [5, 5.41) is 0.737. The van der Waals surface area contributed by atoms with Gasteiger partial charge in [0.15, 0.2) is 16.7 Å². The zero-order valence-electron chi connectivity index (χ0n) is 15.1. The molecule has 1 aromatic heterocycles. The molecule has 0 aliphatic rings. The predicted octanol–water partition coefficient (Wildman–Crippen LogP) is 3.88. The van der Waals surface area contributed by atoms with E-state index in [9.17, 15) is 9.18 Å². The van der Waals surface area contributed by atoms with Crippen LogP contribution in [0.15, 0.2) is 66.0 Å². The summed E-state index contributed by atoms with van der Waals surface area (Å²) in [4.78, 5) is 18.8. The van der Waals surface area contributed by atoms with Crippen molar-refractivity contribution < 1.29 is 13.9 Å². The van der Waals surface area contributed by atoms with E-state index in [-0.39, 0.29) is 18.3 Å². The van der Waals surface area contributed by atoms with E-state index in [4.69, 9.17) is 4.74 Å². The normalized spacial score (nSPS) is 10.6. The molecule has 1 heterocycles. The fraction of sp³-hybridized carbons (Fsp3) is 0.200. The number of amides is 1. The van der Waals surface area contributed by atoms with Crippen LogP contribution in [-0.2, 0) is 0 Å². The van der Waals surface area contributed by atoms with Crippen LogP contribution in [0.3, 0.4) is 0 Å². The molecule has 0 atom stereocenters. The molecule has 1 amide bonds. The van der Waals surface area contributed by atoms with Crippen molar-refractivity contribution in [2.45, 2.75) is 5.16 Å². The molecule has 0 unspecified atom stereocenters. The molecule has 0 N–H and O–H groups in total. The number of nitrogens with zero attached hydrogens (tertiary/aromatic N) is 3. The Morgan fingerprint density at radius 1 is 1.19 bits per heavy atom. The summed E-state index contributed by atoms with van der Waals surface area (Å²) in [6.07, 6.45) is 3.50. The maximum absolute atomic E-state index is 13.6. The van der Waals surface area contributed by atoms with Gasteiger partial charge < -0.3 is 9.64 Å². The molecule has 0 saturated carbocycles. The fourth-order valence-electron chi connectivity index (χ4n) is 2.61. The number of halogens is 1. The molecule has 0 aliphatic heterocycles. The van der Waals surface area contributed by atoms with Crippen LogP contribution < -0.4 is 4.74 Å². The van der Waals surface area contributed by atoms with Gasteiger partial charge in [-0.2, -0.15) is 0 Å². The van der Waals surface area contributed by atoms with Crippen LogP contribution in [0.1, 0.15) is 10.5 Å². The van der Waals surface area contributed by atoms with E-state index >= 15 is 0 Å². The average molecular weight is 385 g/mol. The molecule has 2 aromatic carbocycles. The highest BCUT2D eigenvalue weighted by molar-refractivity contribution is 7.98. The van der Waals surface area contributed by atoms with Crippen LogP contribution in [0.2, 0.25) is 0 Å². The van der Waals surface area contributed by atoms with Gasteiger partial charge >= 0.3 is 0 Å². The largest absolute Gasteiger partial charge is 0.489 e. The minimum Gasteiger partial charge on any atom is -0.489 e. The summed E-state index contributed by atoms with van der Waals surface area (Å²) in [5.41, 5.74) is 1.35. The summed E-state index contributed by atoms with van der Waals surface area (Å²) in [6.45, 7) is 0.514. The van der Waals surface area contributed by atoms with Gasteiger partial charge in [-0.25, -0.2) is 9.37 Å². The summed E-state index contributed by atoms with van der Waals surface area (Å²) >= 11 is 1.47. The second kappa shape index (κ2) is 8.73. The number of para-hydroxylation sites is 2. The maximum Gasteiger partial charge on any atom is 0.272 e. The second-order valence-electron chi connectivity index (χ2n) is 5.81. The Hall–Kier alpha value is -2.80. The number of hydrogen-bond donors (Lipinski definition) is 0. The lowest BCUT2D eigenvalue weighted by atomic mass is 10.3. The van der Waals surface area contributed by atoms with Gasteiger partial charge in [-0.1, -0.05) is 42.1 Å². The number of imidazole rings is 1. The van der Waals surface area contributed by atoms with Gasteiger partial charge in [0.2, 0.25) is 0 Å². The number of thioether (sulfide) groups is 1. The Morgan fingerprint density at radius 2 is 1.89 bits per heavy atom. The Bertz CT molecular complexity index is 915. The van der Waals surface area contributed by atoms with Crippen molar-refractivity contribution in [3.05, 3.63) is 72.3 Å². The molecule has 0 aliphatic carbocycles. The molecule has 7 heteroatoms. The molecule has 0 radical (unpaired) electrons. The number of carbonyl (C=O) groups excluding carboxylic acids is 1. The Balaban J connectivity index is 1.72. The standard InChI is InChI=1S/C20H20FN3O2S/c1-23(12-13-26-18-11-7-6-10-16(18)21)19(25)17-14-22-20(27-2)24(17)15-8-4-3-5-9-15/h3-11,14H,12-13H2,1-2H3. The first kappa shape index (κ1) is 19.0. The molecule has 3 aromatic rings. The molecule has 5 nitrogen and oxygen atoms in total. The van der Waals surface area contributed by atoms with Gasteiger partial charge in [-0.15, -0.1) is 0 Å². The van der Waals surface area contributed by atoms with Crippen LogP contribution >= 0.6 is 11.8 Å². The number of hydrogen-bond acceptors (Lipinski definition) is 4. The van der Waals surface area contributed by atoms with Crippen LogP contribution in [0, 0.1) is 5.82 Å². The molecule has 0 bridgehead atoms. The van der Waals surface area contributed by atoms with Crippen molar-refractivity contribution in [3.63, 3.8) is 0 Å². The van der Waals surface area contributed by atoms with Crippen molar-refractivity contribution in [3.8, 4) is 11.4 Å². The SMILES string of the molecule is CSc1ncc(C(=O)N(C)CCOc2ccccc2F)n1-c1ccccc1. The third kappa shape index (κ3) is 4.31. The second-order valence-corrected chi connectivity index (χ2v) is 6.58. The average Bonchev–Trinajstić information content (AvgIpc) is 3.13. The summed E-state index contributed by atoms with van der Waals surface area (Å²) in [6, 6.07) is 15.8. The van der Waals surface area contributed by atoms with E-state index in [1.54, 1.807) is 36.3 Å². The third-order valence-corrected chi connectivity index (χ3v) is 4.67. The Labute approximate surface area is 161 Å². The van der Waals surface area contributed by atoms with Gasteiger partial charge in [0, 0.05) is 12.7 Å².